The first-order valence-electron chi connectivity index (χ1n) is 3.32. The first kappa shape index (κ1) is 15.9. The van der Waals surface area contributed by atoms with Crippen LogP contribution in [0.4, 0.5) is 0 Å². The molecule has 0 saturated carbocycles. The molecule has 0 fully saturated rings. The minimum absolute atomic E-state index is 0. The van der Waals surface area contributed by atoms with Crippen molar-refractivity contribution in [1.29, 1.82) is 0 Å². The molecule has 8 heteroatoms. The fourth-order valence-corrected chi connectivity index (χ4v) is 0.615. The molecule has 0 unspecified atom stereocenters. The number of hydrogen-bond acceptors (Lipinski definition) is 6. The summed E-state index contributed by atoms with van der Waals surface area (Å²) >= 11 is 0. The third kappa shape index (κ3) is 4.14. The Hall–Kier alpha value is -0.501. The van der Waals surface area contributed by atoms with Gasteiger partial charge in [0.15, 0.2) is 12.4 Å². The van der Waals surface area contributed by atoms with Crippen LogP contribution in [0.2, 0.25) is 0 Å². The second-order valence-corrected chi connectivity index (χ2v) is 2.39. The third-order valence-electron chi connectivity index (χ3n) is 1.42. The van der Waals surface area contributed by atoms with E-state index >= 15 is 0 Å². The molecule has 0 bridgehead atoms. The Balaban J connectivity index is 0. The van der Waals surface area contributed by atoms with Crippen molar-refractivity contribution in [2.24, 2.45) is 0 Å². The van der Waals surface area contributed by atoms with Gasteiger partial charge in [-0.25, -0.2) is 4.79 Å². The van der Waals surface area contributed by atoms with Crippen molar-refractivity contribution in [2.45, 2.75) is 24.4 Å². The molecule has 7 nitrogen and oxygen atoms in total. The maximum atomic E-state index is 10.1. The van der Waals surface area contributed by atoms with Crippen LogP contribution in [-0.4, -0.2) is 62.2 Å². The van der Waals surface area contributed by atoms with E-state index in [1.807, 2.05) is 0 Å². The van der Waals surface area contributed by atoms with E-state index in [0.717, 1.165) is 0 Å². The summed E-state index contributed by atoms with van der Waals surface area (Å²) in [5.74, 6) is -1.76. The fourth-order valence-electron chi connectivity index (χ4n) is 0.615. The van der Waals surface area contributed by atoms with Gasteiger partial charge in [-0.1, -0.05) is 0 Å². The summed E-state index contributed by atoms with van der Waals surface area (Å²) in [6, 6.07) is 0. The molecule has 0 spiro atoms. The van der Waals surface area contributed by atoms with Crippen molar-refractivity contribution in [1.82, 2.24) is 0 Å². The van der Waals surface area contributed by atoms with Crippen molar-refractivity contribution >= 4 is 12.3 Å². The van der Waals surface area contributed by atoms with E-state index in [1.54, 1.807) is 0 Å². The van der Waals surface area contributed by atoms with Crippen molar-refractivity contribution in [3.63, 3.8) is 0 Å². The third-order valence-corrected chi connectivity index (χ3v) is 1.42. The van der Waals surface area contributed by atoms with Gasteiger partial charge in [0.25, 0.3) is 0 Å². The van der Waals surface area contributed by atoms with E-state index in [-0.39, 0.29) is 23.4 Å². The summed E-state index contributed by atoms with van der Waals surface area (Å²) in [5.41, 5.74) is 0. The molecule has 0 aliphatic rings. The Kier molecular flexibility index (Phi) is 7.84. The summed E-state index contributed by atoms with van der Waals surface area (Å²) in [4.78, 5) is 20.0. The van der Waals surface area contributed by atoms with Crippen molar-refractivity contribution in [3.05, 3.63) is 0 Å². The zero-order chi connectivity index (χ0) is 10.6. The zero-order valence-electron chi connectivity index (χ0n) is 6.74. The Morgan fingerprint density at radius 1 is 1.07 bits per heavy atom. The molecule has 0 aliphatic carbocycles. The molecule has 0 aromatic carbocycles. The van der Waals surface area contributed by atoms with Crippen molar-refractivity contribution in [2.75, 3.05) is 0 Å². The number of carboxylic acids is 1. The Bertz CT molecular complexity index is 197. The van der Waals surface area contributed by atoms with Crippen molar-refractivity contribution in [3.8, 4) is 0 Å². The number of carbonyl (C=O) groups is 2. The van der Waals surface area contributed by atoms with Crippen LogP contribution in [0.1, 0.15) is 0 Å². The van der Waals surface area contributed by atoms with E-state index in [0.29, 0.717) is 0 Å². The van der Waals surface area contributed by atoms with Gasteiger partial charge < -0.3 is 30.3 Å². The summed E-state index contributed by atoms with van der Waals surface area (Å²) in [6.07, 6.45) is -8.39. The summed E-state index contributed by atoms with van der Waals surface area (Å²) in [7, 11) is 0. The number of rotatable bonds is 5. The van der Waals surface area contributed by atoms with Gasteiger partial charge in [0.2, 0.25) is 0 Å². The normalized spacial score (nSPS) is 18.6. The molecule has 14 heavy (non-hydrogen) atoms. The molecule has 4 atom stereocenters. The summed E-state index contributed by atoms with van der Waals surface area (Å²) < 4.78 is 0. The molecule has 0 heterocycles. The van der Waals surface area contributed by atoms with Gasteiger partial charge in [0, 0.05) is 17.1 Å². The van der Waals surface area contributed by atoms with E-state index < -0.39 is 30.4 Å². The number of aliphatic hydroxyl groups is 4. The quantitative estimate of drug-likeness (QED) is 0.257. The molecule has 0 aliphatic heterocycles. The monoisotopic (exact) mass is 257 g/mol. The number of aliphatic carboxylic acids is 1. The molecule has 5 N–H and O–H groups in total. The maximum absolute atomic E-state index is 10.1. The molecule has 0 saturated heterocycles. The first-order valence-corrected chi connectivity index (χ1v) is 3.32. The number of carboxylic acid groups (broad SMARTS) is 1. The van der Waals surface area contributed by atoms with E-state index in [1.165, 1.54) is 0 Å². The Morgan fingerprint density at radius 2 is 1.50 bits per heavy atom. The van der Waals surface area contributed by atoms with Crippen LogP contribution in [0.15, 0.2) is 0 Å². The van der Waals surface area contributed by atoms with Gasteiger partial charge >= 0.3 is 5.97 Å². The Labute approximate surface area is 89.5 Å². The van der Waals surface area contributed by atoms with E-state index in [2.05, 4.69) is 0 Å². The molecule has 0 rings (SSSR count). The van der Waals surface area contributed by atoms with E-state index in [4.69, 9.17) is 25.5 Å². The standard InChI is InChI=1S/C6H10O7.Cu/c7-1-2(8)3(9)4(10)5(11)6(12)13;/h1-5,8-11H,(H,12,13);/t2-,3+,4-,5-;/m0./s1. The van der Waals surface area contributed by atoms with Crippen LogP contribution < -0.4 is 0 Å². The van der Waals surface area contributed by atoms with Crippen LogP contribution in [-0.2, 0) is 26.7 Å². The van der Waals surface area contributed by atoms with Gasteiger partial charge in [-0.05, 0) is 0 Å². The molecule has 87 valence electrons. The van der Waals surface area contributed by atoms with Crippen LogP contribution in [0.3, 0.4) is 0 Å². The van der Waals surface area contributed by atoms with Crippen molar-refractivity contribution < 1.29 is 52.2 Å². The van der Waals surface area contributed by atoms with Crippen LogP contribution >= 0.6 is 0 Å². The predicted octanol–water partition coefficient (Wildman–Crippen LogP) is -3.29. The van der Waals surface area contributed by atoms with Gasteiger partial charge in [-0.3, -0.25) is 0 Å². The predicted molar refractivity (Wildman–Crippen MR) is 37.7 cm³/mol. The summed E-state index contributed by atoms with van der Waals surface area (Å²) in [6.45, 7) is 0. The minimum Gasteiger partial charge on any atom is -0.479 e. The average Bonchev–Trinajstić information content (AvgIpc) is 2.12. The van der Waals surface area contributed by atoms with Crippen LogP contribution in [0.25, 0.3) is 0 Å². The molecular formula is C6H10CuO7. The minimum atomic E-state index is -2.25. The van der Waals surface area contributed by atoms with Gasteiger partial charge in [0.1, 0.15) is 18.3 Å². The average molecular weight is 258 g/mol. The fraction of sp³-hybridized carbons (Fsp3) is 0.667. The number of hydrogen-bond donors (Lipinski definition) is 5. The van der Waals surface area contributed by atoms with Crippen LogP contribution in [0.5, 0.6) is 0 Å². The SMILES string of the molecule is O=C[C@H](O)[C@@H](O)[C@H](O)[C@H](O)C(=O)O.[Cu]. The molecular weight excluding hydrogens is 248 g/mol. The number of carbonyl (C=O) groups excluding carboxylic acids is 1. The smallest absolute Gasteiger partial charge is 0.335 e. The van der Waals surface area contributed by atoms with Gasteiger partial charge in [-0.15, -0.1) is 0 Å². The maximum Gasteiger partial charge on any atom is 0.335 e. The Morgan fingerprint density at radius 3 is 1.79 bits per heavy atom. The largest absolute Gasteiger partial charge is 0.479 e. The van der Waals surface area contributed by atoms with Gasteiger partial charge in [0.05, 0.1) is 0 Å². The first-order chi connectivity index (χ1) is 5.91. The van der Waals surface area contributed by atoms with Crippen LogP contribution in [0, 0.1) is 0 Å². The molecule has 0 amide bonds. The molecule has 0 aromatic heterocycles. The number of aliphatic hydroxyl groups excluding tert-OH is 4. The zero-order valence-corrected chi connectivity index (χ0v) is 7.68. The second kappa shape index (κ2) is 6.88. The summed E-state index contributed by atoms with van der Waals surface area (Å²) in [5, 5.41) is 43.2. The molecule has 0 aromatic rings. The second-order valence-electron chi connectivity index (χ2n) is 2.39. The van der Waals surface area contributed by atoms with Gasteiger partial charge in [-0.2, -0.15) is 0 Å². The molecule has 1 radical (unpaired) electrons. The number of aldehydes is 1. The topological polar surface area (TPSA) is 135 Å². The van der Waals surface area contributed by atoms with E-state index in [9.17, 15) is 9.59 Å².